The third-order valence-electron chi connectivity index (χ3n) is 1.71. The average molecular weight is 152 g/mol. The van der Waals surface area contributed by atoms with Gasteiger partial charge in [0.1, 0.15) is 0 Å². The van der Waals surface area contributed by atoms with E-state index in [0.717, 1.165) is 19.3 Å². The molecule has 0 heteroatoms. The van der Waals surface area contributed by atoms with Gasteiger partial charge in [-0.2, -0.15) is 0 Å². The molecular weight excluding hydrogens is 132 g/mol. The van der Waals surface area contributed by atoms with E-state index in [9.17, 15) is 0 Å². The molecule has 0 N–H and O–H groups in total. The Balaban J connectivity index is 3.49. The van der Waals surface area contributed by atoms with Crippen LogP contribution < -0.4 is 0 Å². The lowest BCUT2D eigenvalue weighted by Gasteiger charge is -2.05. The molecule has 0 radical (unpaired) electrons. The van der Waals surface area contributed by atoms with E-state index in [1.165, 1.54) is 24.0 Å². The van der Waals surface area contributed by atoms with Crippen molar-refractivity contribution in [3.8, 4) is 0 Å². The minimum Gasteiger partial charge on any atom is -0.0995 e. The molecule has 0 bridgehead atoms. The van der Waals surface area contributed by atoms with Crippen LogP contribution in [0.4, 0.5) is 0 Å². The van der Waals surface area contributed by atoms with Gasteiger partial charge in [0.05, 0.1) is 0 Å². The molecule has 0 rings (SSSR count). The van der Waals surface area contributed by atoms with E-state index in [2.05, 4.69) is 27.0 Å². The molecule has 11 heavy (non-hydrogen) atoms. The minimum atomic E-state index is 1.04. The van der Waals surface area contributed by atoms with Gasteiger partial charge in [0, 0.05) is 0 Å². The molecule has 0 unspecified atom stereocenters. The first-order valence-corrected chi connectivity index (χ1v) is 4.54. The fourth-order valence-corrected chi connectivity index (χ4v) is 1.24. The van der Waals surface area contributed by atoms with Crippen LogP contribution in [-0.2, 0) is 0 Å². The third-order valence-corrected chi connectivity index (χ3v) is 1.71. The van der Waals surface area contributed by atoms with Gasteiger partial charge in [-0.25, -0.2) is 0 Å². The van der Waals surface area contributed by atoms with Gasteiger partial charge in [0.25, 0.3) is 0 Å². The first-order chi connectivity index (χ1) is 5.20. The van der Waals surface area contributed by atoms with Crippen LogP contribution in [0, 0.1) is 0 Å². The summed E-state index contributed by atoms with van der Waals surface area (Å²) in [6, 6.07) is 0. The highest BCUT2D eigenvalue weighted by atomic mass is 14.0. The fraction of sp³-hybridized carbons (Fsp3) is 0.636. The second-order valence-corrected chi connectivity index (χ2v) is 3.18. The molecule has 0 atom stereocenters. The normalized spacial score (nSPS) is 9.64. The molecule has 0 heterocycles. The maximum absolute atomic E-state index is 4.01. The van der Waals surface area contributed by atoms with Crippen molar-refractivity contribution < 1.29 is 0 Å². The molecule has 0 nitrogen and oxygen atoms in total. The summed E-state index contributed by atoms with van der Waals surface area (Å²) in [6.07, 6.45) is 5.77. The lowest BCUT2D eigenvalue weighted by Crippen LogP contribution is -1.85. The van der Waals surface area contributed by atoms with Gasteiger partial charge in [0.15, 0.2) is 0 Å². The molecule has 0 amide bonds. The summed E-state index contributed by atoms with van der Waals surface area (Å²) in [4.78, 5) is 0. The predicted molar refractivity (Wildman–Crippen MR) is 52.7 cm³/mol. The smallest absolute Gasteiger partial charge is 0.0114 e. The van der Waals surface area contributed by atoms with Crippen molar-refractivity contribution in [2.24, 2.45) is 0 Å². The van der Waals surface area contributed by atoms with Gasteiger partial charge in [0.2, 0.25) is 0 Å². The molecule has 0 aromatic carbocycles. The molecule has 0 aliphatic heterocycles. The Bertz CT molecular complexity index is 115. The van der Waals surface area contributed by atoms with Gasteiger partial charge in [-0.05, 0) is 19.3 Å². The largest absolute Gasteiger partial charge is 0.0995 e. The Morgan fingerprint density at radius 3 is 1.55 bits per heavy atom. The molecule has 0 spiro atoms. The van der Waals surface area contributed by atoms with Crippen LogP contribution in [0.15, 0.2) is 24.3 Å². The molecular formula is C11H20. The second-order valence-electron chi connectivity index (χ2n) is 3.18. The summed E-state index contributed by atoms with van der Waals surface area (Å²) in [7, 11) is 0. The van der Waals surface area contributed by atoms with E-state index >= 15 is 0 Å². The molecule has 0 saturated carbocycles. The summed E-state index contributed by atoms with van der Waals surface area (Å²) < 4.78 is 0. The summed E-state index contributed by atoms with van der Waals surface area (Å²) in [5, 5.41) is 0. The zero-order valence-electron chi connectivity index (χ0n) is 7.95. The standard InChI is InChI=1S/C11H20/c1-5-7-10(3)9-11(4)8-6-2/h3-9H2,1-2H3. The highest BCUT2D eigenvalue weighted by molar-refractivity contribution is 5.08. The Labute approximate surface area is 71.0 Å². The quantitative estimate of drug-likeness (QED) is 0.503. The molecule has 0 aliphatic carbocycles. The lowest BCUT2D eigenvalue weighted by molar-refractivity contribution is 0.823. The molecule has 0 aromatic heterocycles. The first-order valence-electron chi connectivity index (χ1n) is 4.54. The minimum absolute atomic E-state index is 1.04. The summed E-state index contributed by atoms with van der Waals surface area (Å²) >= 11 is 0. The van der Waals surface area contributed by atoms with Crippen molar-refractivity contribution in [2.75, 3.05) is 0 Å². The van der Waals surface area contributed by atoms with Crippen molar-refractivity contribution in [1.82, 2.24) is 0 Å². The Kier molecular flexibility index (Phi) is 5.91. The average Bonchev–Trinajstić information content (AvgIpc) is 1.87. The summed E-state index contributed by atoms with van der Waals surface area (Å²) in [6.45, 7) is 12.4. The molecule has 0 saturated heterocycles. The number of hydrogen-bond acceptors (Lipinski definition) is 0. The van der Waals surface area contributed by atoms with Crippen molar-refractivity contribution >= 4 is 0 Å². The summed E-state index contributed by atoms with van der Waals surface area (Å²) in [5.74, 6) is 0. The maximum atomic E-state index is 4.01. The highest BCUT2D eigenvalue weighted by Gasteiger charge is 1.96. The lowest BCUT2D eigenvalue weighted by atomic mass is 10.0. The first kappa shape index (κ1) is 10.5. The van der Waals surface area contributed by atoms with Crippen LogP contribution in [0.2, 0.25) is 0 Å². The SMILES string of the molecule is C=C(CCC)CC(=C)CCC. The zero-order chi connectivity index (χ0) is 8.69. The Morgan fingerprint density at radius 1 is 0.909 bits per heavy atom. The van der Waals surface area contributed by atoms with E-state index < -0.39 is 0 Å². The van der Waals surface area contributed by atoms with Crippen LogP contribution in [0.5, 0.6) is 0 Å². The number of hydrogen-bond donors (Lipinski definition) is 0. The van der Waals surface area contributed by atoms with Gasteiger partial charge >= 0.3 is 0 Å². The number of allylic oxidation sites excluding steroid dienone is 2. The van der Waals surface area contributed by atoms with Crippen molar-refractivity contribution in [3.05, 3.63) is 24.3 Å². The Hall–Kier alpha value is -0.520. The summed E-state index contributed by atoms with van der Waals surface area (Å²) in [5.41, 5.74) is 2.68. The zero-order valence-corrected chi connectivity index (χ0v) is 7.95. The van der Waals surface area contributed by atoms with Crippen LogP contribution in [0.3, 0.4) is 0 Å². The van der Waals surface area contributed by atoms with Gasteiger partial charge < -0.3 is 0 Å². The monoisotopic (exact) mass is 152 g/mol. The van der Waals surface area contributed by atoms with Crippen molar-refractivity contribution in [1.29, 1.82) is 0 Å². The molecule has 0 fully saturated rings. The molecule has 0 aliphatic rings. The van der Waals surface area contributed by atoms with Crippen molar-refractivity contribution in [3.63, 3.8) is 0 Å². The van der Waals surface area contributed by atoms with Crippen LogP contribution >= 0.6 is 0 Å². The van der Waals surface area contributed by atoms with Crippen LogP contribution in [0.1, 0.15) is 46.0 Å². The van der Waals surface area contributed by atoms with E-state index in [1.54, 1.807) is 0 Å². The second kappa shape index (κ2) is 6.21. The predicted octanol–water partition coefficient (Wildman–Crippen LogP) is 4.09. The van der Waals surface area contributed by atoms with E-state index in [4.69, 9.17) is 0 Å². The topological polar surface area (TPSA) is 0 Å². The van der Waals surface area contributed by atoms with E-state index in [0.29, 0.717) is 0 Å². The van der Waals surface area contributed by atoms with E-state index in [-0.39, 0.29) is 0 Å². The number of rotatable bonds is 6. The fourth-order valence-electron chi connectivity index (χ4n) is 1.24. The maximum Gasteiger partial charge on any atom is -0.0114 e. The van der Waals surface area contributed by atoms with Gasteiger partial charge in [-0.3, -0.25) is 0 Å². The van der Waals surface area contributed by atoms with Crippen molar-refractivity contribution in [2.45, 2.75) is 46.0 Å². The van der Waals surface area contributed by atoms with E-state index in [1.807, 2.05) is 0 Å². The third kappa shape index (κ3) is 5.90. The molecule has 64 valence electrons. The van der Waals surface area contributed by atoms with Gasteiger partial charge in [-0.15, -0.1) is 0 Å². The van der Waals surface area contributed by atoms with Crippen LogP contribution in [-0.4, -0.2) is 0 Å². The van der Waals surface area contributed by atoms with Crippen LogP contribution in [0.25, 0.3) is 0 Å². The van der Waals surface area contributed by atoms with Gasteiger partial charge in [-0.1, -0.05) is 51.0 Å². The highest BCUT2D eigenvalue weighted by Crippen LogP contribution is 2.15. The molecule has 0 aromatic rings. The Morgan fingerprint density at radius 2 is 1.27 bits per heavy atom.